The topological polar surface area (TPSA) is 44.7 Å². The minimum absolute atomic E-state index is 0.0587. The van der Waals surface area contributed by atoms with Crippen LogP contribution < -0.4 is 5.32 Å². The van der Waals surface area contributed by atoms with Gasteiger partial charge < -0.3 is 15.2 Å². The zero-order chi connectivity index (χ0) is 13.3. The third-order valence-corrected chi connectivity index (χ3v) is 5.33. The molecule has 3 aliphatic rings. The van der Waals surface area contributed by atoms with Crippen LogP contribution in [0, 0.1) is 5.41 Å². The van der Waals surface area contributed by atoms with E-state index in [1.807, 2.05) is 7.05 Å². The Morgan fingerprint density at radius 1 is 1.32 bits per heavy atom. The van der Waals surface area contributed by atoms with Crippen LogP contribution in [0.3, 0.4) is 0 Å². The van der Waals surface area contributed by atoms with Crippen LogP contribution in [0.2, 0.25) is 0 Å². The van der Waals surface area contributed by atoms with E-state index >= 15 is 0 Å². The molecule has 3 saturated heterocycles. The van der Waals surface area contributed by atoms with Gasteiger partial charge in [-0.25, -0.2) is 0 Å². The van der Waals surface area contributed by atoms with Crippen LogP contribution in [-0.4, -0.2) is 61.5 Å². The molecular formula is C15H28N2O2. The van der Waals surface area contributed by atoms with E-state index in [-0.39, 0.29) is 11.5 Å². The van der Waals surface area contributed by atoms with Gasteiger partial charge in [-0.15, -0.1) is 0 Å². The Balaban J connectivity index is 1.68. The van der Waals surface area contributed by atoms with Crippen LogP contribution in [0.4, 0.5) is 0 Å². The van der Waals surface area contributed by atoms with Crippen LogP contribution in [0.15, 0.2) is 0 Å². The number of ether oxygens (including phenoxy) is 1. The van der Waals surface area contributed by atoms with Crippen molar-refractivity contribution in [2.45, 2.75) is 56.7 Å². The predicted octanol–water partition coefficient (Wildman–Crippen LogP) is 0.990. The molecule has 0 amide bonds. The van der Waals surface area contributed by atoms with Gasteiger partial charge in [0.1, 0.15) is 0 Å². The molecule has 0 aromatic carbocycles. The second kappa shape index (κ2) is 5.68. The molecule has 3 atom stereocenters. The van der Waals surface area contributed by atoms with E-state index in [0.717, 1.165) is 39.1 Å². The van der Waals surface area contributed by atoms with E-state index in [1.54, 1.807) is 0 Å². The summed E-state index contributed by atoms with van der Waals surface area (Å²) in [5, 5.41) is 13.3. The van der Waals surface area contributed by atoms with Crippen molar-refractivity contribution in [3.05, 3.63) is 0 Å². The third-order valence-electron chi connectivity index (χ3n) is 5.33. The third kappa shape index (κ3) is 2.82. The number of fused-ring (bicyclic) bond motifs is 2. The summed E-state index contributed by atoms with van der Waals surface area (Å²) in [5.41, 5.74) is 0.288. The maximum Gasteiger partial charge on any atom is 0.0570 e. The Labute approximate surface area is 116 Å². The largest absolute Gasteiger partial charge is 0.393 e. The van der Waals surface area contributed by atoms with Crippen molar-refractivity contribution in [1.29, 1.82) is 0 Å². The average molecular weight is 268 g/mol. The van der Waals surface area contributed by atoms with Crippen molar-refractivity contribution >= 4 is 0 Å². The van der Waals surface area contributed by atoms with Gasteiger partial charge >= 0.3 is 0 Å². The molecular weight excluding hydrogens is 240 g/mol. The standard InChI is InChI=1S/C15H28N2O2/c1-16-9-15(5-2-6-19-11-15)10-17-12-3-4-13(17)8-14(18)7-12/h12-14,16,18H,2-11H2,1H3. The molecule has 0 aromatic rings. The van der Waals surface area contributed by atoms with E-state index < -0.39 is 0 Å². The Kier molecular flexibility index (Phi) is 4.13. The SMILES string of the molecule is CNCC1(CN2C3CCC2CC(O)C3)CCCOC1. The minimum Gasteiger partial charge on any atom is -0.393 e. The van der Waals surface area contributed by atoms with Crippen molar-refractivity contribution < 1.29 is 9.84 Å². The van der Waals surface area contributed by atoms with Crippen molar-refractivity contribution in [2.75, 3.05) is 33.4 Å². The fourth-order valence-electron chi connectivity index (χ4n) is 4.50. The molecule has 3 unspecified atom stereocenters. The van der Waals surface area contributed by atoms with Gasteiger partial charge in [-0.3, -0.25) is 4.90 Å². The van der Waals surface area contributed by atoms with Crippen molar-refractivity contribution in [2.24, 2.45) is 5.41 Å². The molecule has 0 radical (unpaired) electrons. The summed E-state index contributed by atoms with van der Waals surface area (Å²) in [5.74, 6) is 0. The Morgan fingerprint density at radius 3 is 2.63 bits per heavy atom. The quantitative estimate of drug-likeness (QED) is 0.798. The lowest BCUT2D eigenvalue weighted by Crippen LogP contribution is -2.54. The number of aliphatic hydroxyl groups is 1. The van der Waals surface area contributed by atoms with Crippen molar-refractivity contribution in [3.8, 4) is 0 Å². The number of hydrogen-bond donors (Lipinski definition) is 2. The number of aliphatic hydroxyl groups excluding tert-OH is 1. The first-order valence-electron chi connectivity index (χ1n) is 7.89. The van der Waals surface area contributed by atoms with E-state index in [2.05, 4.69) is 10.2 Å². The fraction of sp³-hybridized carbons (Fsp3) is 1.00. The highest BCUT2D eigenvalue weighted by molar-refractivity contribution is 4.99. The lowest BCUT2D eigenvalue weighted by molar-refractivity contribution is -0.0507. The maximum atomic E-state index is 9.92. The summed E-state index contributed by atoms with van der Waals surface area (Å²) in [6.07, 6.45) is 6.91. The molecule has 0 saturated carbocycles. The van der Waals surface area contributed by atoms with Crippen LogP contribution in [0.25, 0.3) is 0 Å². The molecule has 0 aromatic heterocycles. The Bertz CT molecular complexity index is 285. The second-order valence-corrected chi connectivity index (χ2v) is 6.87. The number of nitrogens with one attached hydrogen (secondary N) is 1. The van der Waals surface area contributed by atoms with Gasteiger partial charge in [0.25, 0.3) is 0 Å². The van der Waals surface area contributed by atoms with Gasteiger partial charge in [-0.2, -0.15) is 0 Å². The van der Waals surface area contributed by atoms with Crippen LogP contribution in [0.5, 0.6) is 0 Å². The molecule has 19 heavy (non-hydrogen) atoms. The van der Waals surface area contributed by atoms with E-state index in [9.17, 15) is 5.11 Å². The fourth-order valence-corrected chi connectivity index (χ4v) is 4.50. The lowest BCUT2D eigenvalue weighted by atomic mass is 9.80. The predicted molar refractivity (Wildman–Crippen MR) is 75.2 cm³/mol. The van der Waals surface area contributed by atoms with Gasteiger partial charge in [0.2, 0.25) is 0 Å². The van der Waals surface area contributed by atoms with Crippen molar-refractivity contribution in [1.82, 2.24) is 10.2 Å². The second-order valence-electron chi connectivity index (χ2n) is 6.87. The number of hydrogen-bond acceptors (Lipinski definition) is 4. The zero-order valence-electron chi connectivity index (χ0n) is 12.1. The molecule has 4 nitrogen and oxygen atoms in total. The van der Waals surface area contributed by atoms with Gasteiger partial charge in [-0.1, -0.05) is 0 Å². The van der Waals surface area contributed by atoms with Gasteiger partial charge in [-0.05, 0) is 45.6 Å². The van der Waals surface area contributed by atoms with Gasteiger partial charge in [0.05, 0.1) is 12.7 Å². The first-order chi connectivity index (χ1) is 9.22. The highest BCUT2D eigenvalue weighted by Crippen LogP contribution is 2.39. The van der Waals surface area contributed by atoms with Crippen molar-refractivity contribution in [3.63, 3.8) is 0 Å². The molecule has 2 bridgehead atoms. The lowest BCUT2D eigenvalue weighted by Gasteiger charge is -2.45. The maximum absolute atomic E-state index is 9.92. The molecule has 4 heteroatoms. The van der Waals surface area contributed by atoms with Crippen LogP contribution in [0.1, 0.15) is 38.5 Å². The smallest absolute Gasteiger partial charge is 0.0570 e. The summed E-state index contributed by atoms with van der Waals surface area (Å²) < 4.78 is 5.78. The molecule has 3 aliphatic heterocycles. The highest BCUT2D eigenvalue weighted by atomic mass is 16.5. The molecule has 3 rings (SSSR count). The Hall–Kier alpha value is -0.160. The highest BCUT2D eigenvalue weighted by Gasteiger charge is 2.44. The average Bonchev–Trinajstić information content (AvgIpc) is 2.63. The van der Waals surface area contributed by atoms with E-state index in [0.29, 0.717) is 12.1 Å². The number of piperidine rings is 1. The Morgan fingerprint density at radius 2 is 2.05 bits per heavy atom. The first kappa shape index (κ1) is 13.8. The summed E-state index contributed by atoms with van der Waals surface area (Å²) in [6, 6.07) is 1.23. The first-order valence-corrected chi connectivity index (χ1v) is 7.89. The van der Waals surface area contributed by atoms with Gasteiger partial charge in [0.15, 0.2) is 0 Å². The molecule has 3 heterocycles. The number of nitrogens with zero attached hydrogens (tertiary/aromatic N) is 1. The molecule has 0 spiro atoms. The van der Waals surface area contributed by atoms with Crippen LogP contribution in [-0.2, 0) is 4.74 Å². The normalized spacial score (nSPS) is 43.6. The molecule has 0 aliphatic carbocycles. The zero-order valence-corrected chi connectivity index (χ0v) is 12.1. The molecule has 3 fully saturated rings. The summed E-state index contributed by atoms with van der Waals surface area (Å²) in [4.78, 5) is 2.69. The van der Waals surface area contributed by atoms with Gasteiger partial charge in [0, 0.05) is 37.2 Å². The monoisotopic (exact) mass is 268 g/mol. The minimum atomic E-state index is -0.0587. The summed E-state index contributed by atoms with van der Waals surface area (Å²) >= 11 is 0. The van der Waals surface area contributed by atoms with E-state index in [4.69, 9.17) is 4.74 Å². The van der Waals surface area contributed by atoms with Crippen LogP contribution >= 0.6 is 0 Å². The molecule has 2 N–H and O–H groups in total. The van der Waals surface area contributed by atoms with E-state index in [1.165, 1.54) is 25.7 Å². The number of rotatable bonds is 4. The summed E-state index contributed by atoms with van der Waals surface area (Å²) in [6.45, 7) is 4.02. The summed E-state index contributed by atoms with van der Waals surface area (Å²) in [7, 11) is 2.05. The molecule has 110 valence electrons.